The van der Waals surface area contributed by atoms with E-state index in [4.69, 9.17) is 0 Å². The van der Waals surface area contributed by atoms with E-state index >= 15 is 0 Å². The number of hydrogen-bond acceptors (Lipinski definition) is 4. The number of nitrogens with one attached hydrogen (secondary N) is 1. The molecule has 2 amide bonds. The monoisotopic (exact) mass is 201 g/mol. The minimum absolute atomic E-state index is 0.0351. The van der Waals surface area contributed by atoms with Crippen LogP contribution in [0.25, 0.3) is 0 Å². The number of thioether (sulfide) groups is 1. The number of likely N-dealkylation sites (N-methyl/N-ethyl adjacent to an activating group) is 1. The molecule has 0 saturated carbocycles. The number of nitrogens with zero attached hydrogens (tertiary/aromatic N) is 2. The van der Waals surface area contributed by atoms with Gasteiger partial charge in [-0.2, -0.15) is 4.99 Å². The molecule has 0 saturated heterocycles. The first-order chi connectivity index (χ1) is 6.09. The lowest BCUT2D eigenvalue weighted by atomic mass is 10.5. The highest BCUT2D eigenvalue weighted by molar-refractivity contribution is 8.14. The van der Waals surface area contributed by atoms with Crippen LogP contribution in [0.2, 0.25) is 0 Å². The van der Waals surface area contributed by atoms with Crippen LogP contribution < -0.4 is 5.32 Å². The van der Waals surface area contributed by atoms with Gasteiger partial charge in [0.15, 0.2) is 0 Å². The van der Waals surface area contributed by atoms with Crippen LogP contribution in [-0.4, -0.2) is 48.3 Å². The highest BCUT2D eigenvalue weighted by Gasteiger charge is 2.15. The normalized spacial score (nSPS) is 15.5. The molecule has 0 atom stereocenters. The number of carbonyl (C=O) groups excluding carboxylic acids is 2. The standard InChI is InChI=1S/C7H11N3O2S/c1-10(2)6(11)3-8-5-4-13-7(12)9-5/h3-4H2,1-2H3,(H,8,9,12). The maximum Gasteiger partial charge on any atom is 0.306 e. The Hall–Kier alpha value is -1.04. The molecule has 0 aromatic heterocycles. The van der Waals surface area contributed by atoms with E-state index in [9.17, 15) is 9.59 Å². The van der Waals surface area contributed by atoms with Crippen molar-refractivity contribution in [3.8, 4) is 0 Å². The van der Waals surface area contributed by atoms with Crippen LogP contribution in [0.4, 0.5) is 4.79 Å². The number of aliphatic imine (C=N–C) groups is 1. The van der Waals surface area contributed by atoms with E-state index in [2.05, 4.69) is 10.3 Å². The Labute approximate surface area is 80.6 Å². The van der Waals surface area contributed by atoms with Crippen molar-refractivity contribution in [1.82, 2.24) is 10.2 Å². The molecule has 13 heavy (non-hydrogen) atoms. The molecule has 72 valence electrons. The fourth-order valence-corrected chi connectivity index (χ4v) is 1.33. The maximum atomic E-state index is 11.1. The Morgan fingerprint density at radius 1 is 1.69 bits per heavy atom. The maximum absolute atomic E-state index is 11.1. The van der Waals surface area contributed by atoms with Gasteiger partial charge in [-0.3, -0.25) is 9.59 Å². The summed E-state index contributed by atoms with van der Waals surface area (Å²) in [5, 5.41) is 2.62. The number of carbonyl (C=O) groups is 2. The van der Waals surface area contributed by atoms with Gasteiger partial charge in [0.2, 0.25) is 5.91 Å². The summed E-state index contributed by atoms with van der Waals surface area (Å²) in [5.74, 6) is 1.09. The van der Waals surface area contributed by atoms with Crippen molar-refractivity contribution < 1.29 is 9.59 Å². The Morgan fingerprint density at radius 2 is 2.38 bits per heavy atom. The van der Waals surface area contributed by atoms with Crippen molar-refractivity contribution in [3.63, 3.8) is 0 Å². The molecule has 0 aliphatic carbocycles. The lowest BCUT2D eigenvalue weighted by Crippen LogP contribution is -2.36. The minimum atomic E-state index is -0.195. The largest absolute Gasteiger partial charge is 0.364 e. The Balaban J connectivity index is 2.31. The molecule has 1 aliphatic heterocycles. The molecule has 0 bridgehead atoms. The average molecular weight is 201 g/mol. The van der Waals surface area contributed by atoms with E-state index in [0.717, 1.165) is 11.8 Å². The topological polar surface area (TPSA) is 61.8 Å². The van der Waals surface area contributed by atoms with Crippen LogP contribution in [0.5, 0.6) is 0 Å². The first kappa shape index (κ1) is 10.0. The number of hydrogen-bond donors (Lipinski definition) is 1. The number of amidine groups is 1. The summed E-state index contributed by atoms with van der Waals surface area (Å²) in [4.78, 5) is 26.9. The summed E-state index contributed by atoms with van der Waals surface area (Å²) in [6.07, 6.45) is 0. The molecule has 0 fully saturated rings. The van der Waals surface area contributed by atoms with Crippen molar-refractivity contribution in [2.24, 2.45) is 4.99 Å². The van der Waals surface area contributed by atoms with Crippen molar-refractivity contribution in [1.29, 1.82) is 0 Å². The molecule has 1 rings (SSSR count). The van der Waals surface area contributed by atoms with Gasteiger partial charge >= 0.3 is 5.24 Å². The zero-order valence-electron chi connectivity index (χ0n) is 7.53. The molecule has 0 radical (unpaired) electrons. The molecule has 0 aromatic rings. The van der Waals surface area contributed by atoms with Gasteiger partial charge in [0.05, 0.1) is 12.3 Å². The minimum Gasteiger partial charge on any atom is -0.364 e. The number of amides is 2. The van der Waals surface area contributed by atoms with Crippen LogP contribution in [0, 0.1) is 0 Å². The Kier molecular flexibility index (Phi) is 3.30. The van der Waals surface area contributed by atoms with E-state index in [1.54, 1.807) is 14.1 Å². The lowest BCUT2D eigenvalue weighted by molar-refractivity contribution is -0.127. The molecule has 1 heterocycles. The van der Waals surface area contributed by atoms with Gasteiger partial charge in [-0.05, 0) is 0 Å². The van der Waals surface area contributed by atoms with E-state index in [1.165, 1.54) is 4.90 Å². The molecule has 0 spiro atoms. The lowest BCUT2D eigenvalue weighted by Gasteiger charge is -2.10. The van der Waals surface area contributed by atoms with Crippen LogP contribution in [0.1, 0.15) is 0 Å². The third kappa shape index (κ3) is 3.06. The highest BCUT2D eigenvalue weighted by atomic mass is 32.2. The second kappa shape index (κ2) is 4.27. The highest BCUT2D eigenvalue weighted by Crippen LogP contribution is 2.11. The third-order valence-corrected chi connectivity index (χ3v) is 2.26. The zero-order chi connectivity index (χ0) is 9.84. The quantitative estimate of drug-likeness (QED) is 0.679. The van der Waals surface area contributed by atoms with E-state index in [-0.39, 0.29) is 17.7 Å². The van der Waals surface area contributed by atoms with Crippen LogP contribution in [0.15, 0.2) is 4.99 Å². The second-order valence-electron chi connectivity index (χ2n) is 2.75. The van der Waals surface area contributed by atoms with Crippen molar-refractivity contribution in [2.75, 3.05) is 26.4 Å². The summed E-state index contributed by atoms with van der Waals surface area (Å²) in [5.41, 5.74) is 0. The van der Waals surface area contributed by atoms with Gasteiger partial charge in [-0.25, -0.2) is 0 Å². The van der Waals surface area contributed by atoms with Gasteiger partial charge in [0, 0.05) is 14.1 Å². The van der Waals surface area contributed by atoms with Gasteiger partial charge in [0.25, 0.3) is 0 Å². The van der Waals surface area contributed by atoms with Gasteiger partial charge in [0.1, 0.15) is 5.84 Å². The summed E-state index contributed by atoms with van der Waals surface area (Å²) in [6, 6.07) is 0. The number of rotatable bonds is 2. The van der Waals surface area contributed by atoms with Crippen LogP contribution >= 0.6 is 11.8 Å². The summed E-state index contributed by atoms with van der Waals surface area (Å²) in [7, 11) is 3.36. The van der Waals surface area contributed by atoms with Gasteiger partial charge < -0.3 is 10.2 Å². The first-order valence-corrected chi connectivity index (χ1v) is 4.76. The van der Waals surface area contributed by atoms with Crippen LogP contribution in [-0.2, 0) is 4.79 Å². The van der Waals surface area contributed by atoms with Gasteiger partial charge in [-0.1, -0.05) is 11.8 Å². The van der Waals surface area contributed by atoms with Crippen molar-refractivity contribution >= 4 is 28.7 Å². The smallest absolute Gasteiger partial charge is 0.306 e. The predicted octanol–water partition coefficient (Wildman–Crippen LogP) is -0.0705. The summed E-state index contributed by atoms with van der Waals surface area (Å²) >= 11 is 1.14. The van der Waals surface area contributed by atoms with E-state index in [0.29, 0.717) is 11.6 Å². The SMILES string of the molecule is CN(C)C(=O)CNC1=NC(=O)SC1. The molecular weight excluding hydrogens is 190 g/mol. The Morgan fingerprint density at radius 3 is 2.85 bits per heavy atom. The molecular formula is C7H11N3O2S. The van der Waals surface area contributed by atoms with Crippen LogP contribution in [0.3, 0.4) is 0 Å². The van der Waals surface area contributed by atoms with Crippen molar-refractivity contribution in [3.05, 3.63) is 0 Å². The first-order valence-electron chi connectivity index (χ1n) is 3.78. The molecule has 0 unspecified atom stereocenters. The summed E-state index contributed by atoms with van der Waals surface area (Å²) < 4.78 is 0. The fourth-order valence-electron chi connectivity index (χ4n) is 0.731. The molecule has 0 aromatic carbocycles. The van der Waals surface area contributed by atoms with Crippen molar-refractivity contribution in [2.45, 2.75) is 0 Å². The molecule has 5 nitrogen and oxygen atoms in total. The van der Waals surface area contributed by atoms with Gasteiger partial charge in [-0.15, -0.1) is 0 Å². The molecule has 1 N–H and O–H groups in total. The predicted molar refractivity (Wildman–Crippen MR) is 52.0 cm³/mol. The molecule has 6 heteroatoms. The second-order valence-corrected chi connectivity index (χ2v) is 3.68. The Bertz CT molecular complexity index is 262. The summed E-state index contributed by atoms with van der Waals surface area (Å²) in [6.45, 7) is 0.194. The zero-order valence-corrected chi connectivity index (χ0v) is 8.35. The van der Waals surface area contributed by atoms with E-state index in [1.807, 2.05) is 0 Å². The third-order valence-electron chi connectivity index (χ3n) is 1.50. The van der Waals surface area contributed by atoms with E-state index < -0.39 is 0 Å². The average Bonchev–Trinajstić information content (AvgIpc) is 2.47. The molecule has 1 aliphatic rings. The fraction of sp³-hybridized carbons (Fsp3) is 0.571.